The molecule has 0 aliphatic heterocycles. The smallest absolute Gasteiger partial charge is 0.0390 e. The van der Waals surface area contributed by atoms with Crippen molar-refractivity contribution in [1.82, 2.24) is 5.32 Å². The third-order valence-electron chi connectivity index (χ3n) is 2.89. The zero-order valence-corrected chi connectivity index (χ0v) is 9.16. The van der Waals surface area contributed by atoms with Gasteiger partial charge in [-0.15, -0.1) is 11.3 Å². The van der Waals surface area contributed by atoms with Gasteiger partial charge in [0.1, 0.15) is 0 Å². The van der Waals surface area contributed by atoms with Gasteiger partial charge in [-0.05, 0) is 43.7 Å². The van der Waals surface area contributed by atoms with Gasteiger partial charge in [-0.2, -0.15) is 0 Å². The Balaban J connectivity index is 1.96. The summed E-state index contributed by atoms with van der Waals surface area (Å²) in [6.07, 6.45) is 4.15. The number of aryl methyl sites for hydroxylation is 1. The SMILES string of the molecule is Cc1ccsc1C(C)NC1CCC1. The van der Waals surface area contributed by atoms with Crippen LogP contribution in [0.2, 0.25) is 0 Å². The molecule has 1 aromatic heterocycles. The highest BCUT2D eigenvalue weighted by Gasteiger charge is 2.20. The van der Waals surface area contributed by atoms with Crippen LogP contribution < -0.4 is 5.32 Å². The molecule has 1 aliphatic carbocycles. The summed E-state index contributed by atoms with van der Waals surface area (Å²) < 4.78 is 0. The lowest BCUT2D eigenvalue weighted by molar-refractivity contribution is 0.314. The van der Waals surface area contributed by atoms with Crippen LogP contribution in [0.15, 0.2) is 11.4 Å². The first-order valence-electron chi connectivity index (χ1n) is 5.07. The predicted octanol–water partition coefficient (Wildman–Crippen LogP) is 3.26. The quantitative estimate of drug-likeness (QED) is 0.780. The van der Waals surface area contributed by atoms with E-state index in [1.165, 1.54) is 29.7 Å². The van der Waals surface area contributed by atoms with Gasteiger partial charge in [0.15, 0.2) is 0 Å². The van der Waals surface area contributed by atoms with Crippen LogP contribution in [0, 0.1) is 6.92 Å². The maximum absolute atomic E-state index is 3.67. The van der Waals surface area contributed by atoms with E-state index in [-0.39, 0.29) is 0 Å². The van der Waals surface area contributed by atoms with Gasteiger partial charge in [0.2, 0.25) is 0 Å². The minimum absolute atomic E-state index is 0.547. The number of rotatable bonds is 3. The third-order valence-corrected chi connectivity index (χ3v) is 4.09. The Morgan fingerprint density at radius 2 is 2.31 bits per heavy atom. The normalized spacial score (nSPS) is 19.8. The molecule has 1 aliphatic rings. The van der Waals surface area contributed by atoms with Crippen molar-refractivity contribution in [1.29, 1.82) is 0 Å². The van der Waals surface area contributed by atoms with E-state index in [1.807, 2.05) is 11.3 Å². The lowest BCUT2D eigenvalue weighted by Gasteiger charge is -2.29. The first-order valence-corrected chi connectivity index (χ1v) is 5.95. The van der Waals surface area contributed by atoms with Crippen molar-refractivity contribution < 1.29 is 0 Å². The van der Waals surface area contributed by atoms with Crippen molar-refractivity contribution in [3.05, 3.63) is 21.9 Å². The molecule has 2 heteroatoms. The number of thiophene rings is 1. The van der Waals surface area contributed by atoms with Crippen LogP contribution in [0.3, 0.4) is 0 Å². The van der Waals surface area contributed by atoms with Gasteiger partial charge in [0.05, 0.1) is 0 Å². The predicted molar refractivity (Wildman–Crippen MR) is 58.2 cm³/mol. The Hall–Kier alpha value is -0.340. The van der Waals surface area contributed by atoms with Crippen molar-refractivity contribution in [2.45, 2.75) is 45.2 Å². The van der Waals surface area contributed by atoms with Crippen LogP contribution in [0.1, 0.15) is 42.7 Å². The molecular weight excluding hydrogens is 178 g/mol. The van der Waals surface area contributed by atoms with E-state index < -0.39 is 0 Å². The van der Waals surface area contributed by atoms with Gasteiger partial charge in [-0.3, -0.25) is 0 Å². The second kappa shape index (κ2) is 3.81. The van der Waals surface area contributed by atoms with E-state index >= 15 is 0 Å². The summed E-state index contributed by atoms with van der Waals surface area (Å²) in [6, 6.07) is 3.54. The topological polar surface area (TPSA) is 12.0 Å². The Morgan fingerprint density at radius 1 is 1.54 bits per heavy atom. The highest BCUT2D eigenvalue weighted by molar-refractivity contribution is 7.10. The third kappa shape index (κ3) is 1.94. The average molecular weight is 195 g/mol. The van der Waals surface area contributed by atoms with Crippen molar-refractivity contribution in [2.24, 2.45) is 0 Å². The fourth-order valence-corrected chi connectivity index (χ4v) is 2.78. The second-order valence-corrected chi connectivity index (χ2v) is 4.93. The summed E-state index contributed by atoms with van der Waals surface area (Å²) in [6.45, 7) is 4.47. The molecule has 1 aromatic rings. The fraction of sp³-hybridized carbons (Fsp3) is 0.636. The molecule has 1 nitrogen and oxygen atoms in total. The van der Waals surface area contributed by atoms with Gasteiger partial charge >= 0.3 is 0 Å². The van der Waals surface area contributed by atoms with Gasteiger partial charge in [0, 0.05) is 17.0 Å². The minimum atomic E-state index is 0.547. The Labute approximate surface area is 84.2 Å². The highest BCUT2D eigenvalue weighted by Crippen LogP contribution is 2.27. The summed E-state index contributed by atoms with van der Waals surface area (Å²) in [4.78, 5) is 1.51. The summed E-state index contributed by atoms with van der Waals surface area (Å²) >= 11 is 1.87. The first-order chi connectivity index (χ1) is 6.27. The van der Waals surface area contributed by atoms with Gasteiger partial charge in [-0.1, -0.05) is 6.42 Å². The largest absolute Gasteiger partial charge is 0.307 e. The molecular formula is C11H17NS. The summed E-state index contributed by atoms with van der Waals surface area (Å²) in [7, 11) is 0. The van der Waals surface area contributed by atoms with E-state index in [4.69, 9.17) is 0 Å². The number of hydrogen-bond donors (Lipinski definition) is 1. The molecule has 72 valence electrons. The summed E-state index contributed by atoms with van der Waals surface area (Å²) in [5.41, 5.74) is 1.43. The minimum Gasteiger partial charge on any atom is -0.307 e. The molecule has 13 heavy (non-hydrogen) atoms. The lowest BCUT2D eigenvalue weighted by atomic mass is 9.92. The van der Waals surface area contributed by atoms with Gasteiger partial charge in [0.25, 0.3) is 0 Å². The van der Waals surface area contributed by atoms with Crippen LogP contribution in [-0.4, -0.2) is 6.04 Å². The van der Waals surface area contributed by atoms with E-state index in [0.29, 0.717) is 6.04 Å². The van der Waals surface area contributed by atoms with Crippen LogP contribution in [-0.2, 0) is 0 Å². The van der Waals surface area contributed by atoms with Crippen LogP contribution in [0.25, 0.3) is 0 Å². The number of hydrogen-bond acceptors (Lipinski definition) is 2. The molecule has 0 aromatic carbocycles. The van der Waals surface area contributed by atoms with Crippen molar-refractivity contribution in [2.75, 3.05) is 0 Å². The van der Waals surface area contributed by atoms with Crippen LogP contribution >= 0.6 is 11.3 Å². The molecule has 0 saturated heterocycles. The van der Waals surface area contributed by atoms with Gasteiger partial charge < -0.3 is 5.32 Å². The molecule has 0 amide bonds. The summed E-state index contributed by atoms with van der Waals surface area (Å²) in [5.74, 6) is 0. The first kappa shape index (κ1) is 9.22. The van der Waals surface area contributed by atoms with Crippen molar-refractivity contribution in [3.63, 3.8) is 0 Å². The van der Waals surface area contributed by atoms with Crippen molar-refractivity contribution in [3.8, 4) is 0 Å². The fourth-order valence-electron chi connectivity index (χ4n) is 1.83. The second-order valence-electron chi connectivity index (χ2n) is 3.98. The highest BCUT2D eigenvalue weighted by atomic mass is 32.1. The van der Waals surface area contributed by atoms with Crippen LogP contribution in [0.5, 0.6) is 0 Å². The maximum atomic E-state index is 3.67. The summed E-state index contributed by atoms with van der Waals surface area (Å²) in [5, 5.41) is 5.85. The molecule has 1 fully saturated rings. The molecule has 2 rings (SSSR count). The standard InChI is InChI=1S/C11H17NS/c1-8-6-7-13-11(8)9(2)12-10-4-3-5-10/h6-7,9-10,12H,3-5H2,1-2H3. The molecule has 1 saturated carbocycles. The molecule has 0 radical (unpaired) electrons. The Bertz CT molecular complexity index is 275. The molecule has 1 heterocycles. The van der Waals surface area contributed by atoms with E-state index in [2.05, 4.69) is 30.6 Å². The molecule has 0 spiro atoms. The molecule has 0 bridgehead atoms. The zero-order valence-electron chi connectivity index (χ0n) is 8.34. The average Bonchev–Trinajstić information content (AvgIpc) is 2.43. The van der Waals surface area contributed by atoms with Crippen molar-refractivity contribution >= 4 is 11.3 Å². The number of nitrogens with one attached hydrogen (secondary N) is 1. The zero-order chi connectivity index (χ0) is 9.26. The Kier molecular flexibility index (Phi) is 2.70. The van der Waals surface area contributed by atoms with Gasteiger partial charge in [-0.25, -0.2) is 0 Å². The molecule has 1 N–H and O–H groups in total. The van der Waals surface area contributed by atoms with E-state index in [0.717, 1.165) is 6.04 Å². The lowest BCUT2D eigenvalue weighted by Crippen LogP contribution is -2.36. The monoisotopic (exact) mass is 195 g/mol. The molecule has 1 atom stereocenters. The van der Waals surface area contributed by atoms with E-state index in [9.17, 15) is 0 Å². The maximum Gasteiger partial charge on any atom is 0.0390 e. The Morgan fingerprint density at radius 3 is 2.77 bits per heavy atom. The molecule has 1 unspecified atom stereocenters. The van der Waals surface area contributed by atoms with E-state index in [1.54, 1.807) is 0 Å². The van der Waals surface area contributed by atoms with Crippen LogP contribution in [0.4, 0.5) is 0 Å².